The van der Waals surface area contributed by atoms with Crippen LogP contribution < -0.4 is 5.32 Å². The Balaban J connectivity index is 1.42. The fourth-order valence-electron chi connectivity index (χ4n) is 3.43. The van der Waals surface area contributed by atoms with Gasteiger partial charge in [-0.1, -0.05) is 42.0 Å². The van der Waals surface area contributed by atoms with Crippen LogP contribution in [0.15, 0.2) is 82.1 Å². The molecule has 1 amide bonds. The van der Waals surface area contributed by atoms with Crippen LogP contribution in [0.5, 0.6) is 0 Å². The zero-order chi connectivity index (χ0) is 23.4. The van der Waals surface area contributed by atoms with E-state index in [1.807, 2.05) is 81.4 Å². The number of oxazole rings is 1. The molecule has 0 saturated heterocycles. The maximum absolute atomic E-state index is 12.7. The van der Waals surface area contributed by atoms with Crippen LogP contribution in [-0.4, -0.2) is 15.1 Å². The van der Waals surface area contributed by atoms with Crippen LogP contribution in [0.1, 0.15) is 38.5 Å². The first kappa shape index (κ1) is 22.7. The van der Waals surface area contributed by atoms with E-state index in [1.54, 1.807) is 12.1 Å². The summed E-state index contributed by atoms with van der Waals surface area (Å²) in [5, 5.41) is 2.96. The van der Waals surface area contributed by atoms with Gasteiger partial charge in [0, 0.05) is 22.6 Å². The summed E-state index contributed by atoms with van der Waals surface area (Å²) in [4.78, 5) is 17.9. The Morgan fingerprint density at radius 1 is 0.939 bits per heavy atom. The number of hydrogen-bond donors (Lipinski definition) is 1. The van der Waals surface area contributed by atoms with Gasteiger partial charge in [0.05, 0.1) is 22.2 Å². The number of hydrogen-bond acceptors (Lipinski definition) is 4. The standard InChI is InChI=1S/C27H26N2O3S/c1-18-8-14-24(15-9-18)33(31)17-25-20(3)32-27(29-25)22-12-10-21(11-13-22)26(30)28-16-23-7-5-4-6-19(23)2/h4-15H,16-17H2,1-3H3,(H,28,30)/t33-/m1/s1. The fourth-order valence-corrected chi connectivity index (χ4v) is 4.56. The molecule has 0 aliphatic rings. The minimum absolute atomic E-state index is 0.137. The number of rotatable bonds is 7. The third kappa shape index (κ3) is 5.46. The van der Waals surface area contributed by atoms with E-state index >= 15 is 0 Å². The van der Waals surface area contributed by atoms with Crippen molar-refractivity contribution in [1.29, 1.82) is 0 Å². The van der Waals surface area contributed by atoms with E-state index in [0.29, 0.717) is 29.5 Å². The third-order valence-electron chi connectivity index (χ3n) is 5.54. The van der Waals surface area contributed by atoms with Crippen LogP contribution in [0.25, 0.3) is 11.5 Å². The first-order chi connectivity index (χ1) is 15.9. The van der Waals surface area contributed by atoms with Crippen molar-refractivity contribution in [3.8, 4) is 11.5 Å². The number of amides is 1. The summed E-state index contributed by atoms with van der Waals surface area (Å²) in [5.74, 6) is 1.25. The number of benzene rings is 3. The van der Waals surface area contributed by atoms with Crippen molar-refractivity contribution in [1.82, 2.24) is 10.3 Å². The van der Waals surface area contributed by atoms with Gasteiger partial charge in [-0.15, -0.1) is 0 Å². The van der Waals surface area contributed by atoms with E-state index in [4.69, 9.17) is 4.42 Å². The molecule has 6 heteroatoms. The summed E-state index contributed by atoms with van der Waals surface area (Å²) in [6.45, 7) is 6.33. The van der Waals surface area contributed by atoms with Crippen molar-refractivity contribution < 1.29 is 13.4 Å². The monoisotopic (exact) mass is 458 g/mol. The lowest BCUT2D eigenvalue weighted by molar-refractivity contribution is 0.0951. The van der Waals surface area contributed by atoms with Crippen molar-refractivity contribution in [2.45, 2.75) is 38.0 Å². The molecule has 3 aromatic carbocycles. The van der Waals surface area contributed by atoms with Crippen LogP contribution >= 0.6 is 0 Å². The molecule has 4 aromatic rings. The van der Waals surface area contributed by atoms with Gasteiger partial charge in [-0.05, 0) is 68.3 Å². The van der Waals surface area contributed by atoms with Crippen molar-refractivity contribution in [3.63, 3.8) is 0 Å². The summed E-state index contributed by atoms with van der Waals surface area (Å²) < 4.78 is 18.5. The maximum Gasteiger partial charge on any atom is 0.251 e. The predicted octanol–water partition coefficient (Wildman–Crippen LogP) is 5.50. The van der Waals surface area contributed by atoms with E-state index in [9.17, 15) is 9.00 Å². The molecule has 4 rings (SSSR count). The zero-order valence-electron chi connectivity index (χ0n) is 18.9. The van der Waals surface area contributed by atoms with E-state index in [0.717, 1.165) is 27.1 Å². The second-order valence-corrected chi connectivity index (χ2v) is 9.46. The summed E-state index contributed by atoms with van der Waals surface area (Å²) in [6, 6.07) is 22.8. The predicted molar refractivity (Wildman–Crippen MR) is 130 cm³/mol. The molecule has 1 heterocycles. The molecule has 33 heavy (non-hydrogen) atoms. The van der Waals surface area contributed by atoms with Crippen LogP contribution in [0.2, 0.25) is 0 Å². The number of carbonyl (C=O) groups is 1. The van der Waals surface area contributed by atoms with Gasteiger partial charge in [0.25, 0.3) is 5.91 Å². The molecule has 168 valence electrons. The van der Waals surface area contributed by atoms with Gasteiger partial charge in [0.2, 0.25) is 5.89 Å². The molecule has 1 aromatic heterocycles. The minimum Gasteiger partial charge on any atom is -0.441 e. The normalized spacial score (nSPS) is 11.8. The Kier molecular flexibility index (Phi) is 6.84. The molecular weight excluding hydrogens is 432 g/mol. The second-order valence-electron chi connectivity index (χ2n) is 8.01. The van der Waals surface area contributed by atoms with Gasteiger partial charge >= 0.3 is 0 Å². The van der Waals surface area contributed by atoms with Crippen LogP contribution in [-0.2, 0) is 23.1 Å². The Labute approximate surface area is 196 Å². The first-order valence-corrected chi connectivity index (χ1v) is 12.1. The highest BCUT2D eigenvalue weighted by molar-refractivity contribution is 7.84. The van der Waals surface area contributed by atoms with Gasteiger partial charge < -0.3 is 9.73 Å². The molecule has 0 radical (unpaired) electrons. The average molecular weight is 459 g/mol. The minimum atomic E-state index is -1.20. The Bertz CT molecular complexity index is 1290. The molecule has 1 N–H and O–H groups in total. The largest absolute Gasteiger partial charge is 0.441 e. The van der Waals surface area contributed by atoms with Gasteiger partial charge in [0.1, 0.15) is 5.76 Å². The van der Waals surface area contributed by atoms with E-state index in [1.165, 1.54) is 0 Å². The highest BCUT2D eigenvalue weighted by Crippen LogP contribution is 2.24. The lowest BCUT2D eigenvalue weighted by atomic mass is 10.1. The van der Waals surface area contributed by atoms with Gasteiger partial charge in [-0.25, -0.2) is 4.98 Å². The lowest BCUT2D eigenvalue weighted by Crippen LogP contribution is -2.23. The number of nitrogens with zero attached hydrogens (tertiary/aromatic N) is 1. The molecule has 0 bridgehead atoms. The summed E-state index contributed by atoms with van der Waals surface area (Å²) in [5.41, 5.74) is 5.36. The van der Waals surface area contributed by atoms with Crippen LogP contribution in [0.3, 0.4) is 0 Å². The van der Waals surface area contributed by atoms with E-state index in [2.05, 4.69) is 10.3 Å². The maximum atomic E-state index is 12.7. The summed E-state index contributed by atoms with van der Waals surface area (Å²) in [6.07, 6.45) is 0. The highest BCUT2D eigenvalue weighted by atomic mass is 32.2. The second kappa shape index (κ2) is 9.96. The number of carbonyl (C=O) groups excluding carboxylic acids is 1. The number of nitrogens with one attached hydrogen (secondary N) is 1. The van der Waals surface area contributed by atoms with Crippen molar-refractivity contribution in [2.24, 2.45) is 0 Å². The molecule has 0 aliphatic heterocycles. The third-order valence-corrected chi connectivity index (χ3v) is 6.87. The number of aromatic nitrogens is 1. The topological polar surface area (TPSA) is 72.2 Å². The van der Waals surface area contributed by atoms with Crippen molar-refractivity contribution in [3.05, 3.63) is 107 Å². The molecule has 0 aliphatic carbocycles. The first-order valence-electron chi connectivity index (χ1n) is 10.7. The summed E-state index contributed by atoms with van der Waals surface area (Å²) in [7, 11) is -1.20. The van der Waals surface area contributed by atoms with Gasteiger partial charge in [0.15, 0.2) is 0 Å². The quantitative estimate of drug-likeness (QED) is 0.397. The molecule has 5 nitrogen and oxygen atoms in total. The molecule has 0 unspecified atom stereocenters. The smallest absolute Gasteiger partial charge is 0.251 e. The van der Waals surface area contributed by atoms with E-state index < -0.39 is 10.8 Å². The summed E-state index contributed by atoms with van der Waals surface area (Å²) >= 11 is 0. The molecular formula is C27H26N2O3S. The lowest BCUT2D eigenvalue weighted by Gasteiger charge is -2.08. The molecule has 0 fully saturated rings. The highest BCUT2D eigenvalue weighted by Gasteiger charge is 2.16. The van der Waals surface area contributed by atoms with E-state index in [-0.39, 0.29) is 11.7 Å². The number of aryl methyl sites for hydroxylation is 3. The average Bonchev–Trinajstić information content (AvgIpc) is 3.19. The Morgan fingerprint density at radius 2 is 1.64 bits per heavy atom. The molecule has 0 saturated carbocycles. The van der Waals surface area contributed by atoms with Gasteiger partial charge in [-0.3, -0.25) is 9.00 Å². The van der Waals surface area contributed by atoms with Crippen molar-refractivity contribution in [2.75, 3.05) is 0 Å². The zero-order valence-corrected chi connectivity index (χ0v) is 19.7. The Morgan fingerprint density at radius 3 is 2.33 bits per heavy atom. The Hall–Kier alpha value is -3.51. The van der Waals surface area contributed by atoms with Crippen LogP contribution in [0.4, 0.5) is 0 Å². The molecule has 0 spiro atoms. The SMILES string of the molecule is Cc1ccc([S@](=O)Cc2nc(-c3ccc(C(=O)NCc4ccccc4C)cc3)oc2C)cc1. The van der Waals surface area contributed by atoms with Crippen LogP contribution in [0, 0.1) is 20.8 Å². The fraction of sp³-hybridized carbons (Fsp3) is 0.185. The van der Waals surface area contributed by atoms with Crippen molar-refractivity contribution >= 4 is 16.7 Å². The van der Waals surface area contributed by atoms with Gasteiger partial charge in [-0.2, -0.15) is 0 Å². The molecule has 1 atom stereocenters.